The van der Waals surface area contributed by atoms with E-state index in [1.54, 1.807) is 0 Å². The van der Waals surface area contributed by atoms with Gasteiger partial charge in [0.15, 0.2) is 0 Å². The fourth-order valence-electron chi connectivity index (χ4n) is 2.21. The first-order chi connectivity index (χ1) is 7.27. The predicted octanol–water partition coefficient (Wildman–Crippen LogP) is 1.99. The van der Waals surface area contributed by atoms with Gasteiger partial charge in [-0.15, -0.1) is 0 Å². The number of hydrogen-bond acceptors (Lipinski definition) is 3. The van der Waals surface area contributed by atoms with Crippen LogP contribution in [0.25, 0.3) is 0 Å². The van der Waals surface area contributed by atoms with Crippen LogP contribution in [0, 0.1) is 5.92 Å². The van der Waals surface area contributed by atoms with E-state index in [4.69, 9.17) is 5.84 Å². The van der Waals surface area contributed by atoms with Crippen LogP contribution < -0.4 is 11.3 Å². The van der Waals surface area contributed by atoms with Gasteiger partial charge in [0.1, 0.15) is 0 Å². The van der Waals surface area contributed by atoms with Gasteiger partial charge in [-0.05, 0) is 45.2 Å². The first kappa shape index (κ1) is 14.9. The molecular weight excluding hydrogens is 186 g/mol. The molecule has 1 saturated carbocycles. The summed E-state index contributed by atoms with van der Waals surface area (Å²) in [6.45, 7) is 8.39. The largest absolute Gasteiger partial charge is 0.304 e. The summed E-state index contributed by atoms with van der Waals surface area (Å²) in [6, 6.07) is 0.819. The van der Waals surface area contributed by atoms with Gasteiger partial charge in [0, 0.05) is 12.6 Å². The molecule has 1 aliphatic carbocycles. The maximum absolute atomic E-state index is 5.32. The van der Waals surface area contributed by atoms with Crippen molar-refractivity contribution in [3.05, 3.63) is 0 Å². The lowest BCUT2D eigenvalue weighted by Crippen LogP contribution is -2.38. The van der Waals surface area contributed by atoms with Crippen molar-refractivity contribution in [2.75, 3.05) is 20.1 Å². The van der Waals surface area contributed by atoms with Crippen LogP contribution in [0.15, 0.2) is 0 Å². The second-order valence-corrected chi connectivity index (χ2v) is 4.16. The minimum absolute atomic E-state index is 0.812. The Hall–Kier alpha value is -0.120. The van der Waals surface area contributed by atoms with Crippen molar-refractivity contribution in [1.29, 1.82) is 0 Å². The van der Waals surface area contributed by atoms with E-state index in [0.29, 0.717) is 0 Å². The normalized spacial score (nSPS) is 26.0. The van der Waals surface area contributed by atoms with Gasteiger partial charge in [0.2, 0.25) is 0 Å². The molecule has 0 aromatic rings. The highest BCUT2D eigenvalue weighted by Gasteiger charge is 2.22. The fraction of sp³-hybridized carbons (Fsp3) is 1.00. The smallest absolute Gasteiger partial charge is 0.0126 e. The molecule has 1 fully saturated rings. The van der Waals surface area contributed by atoms with Crippen LogP contribution in [0.1, 0.15) is 46.5 Å². The summed E-state index contributed by atoms with van der Waals surface area (Å²) in [5, 5.41) is 0. The van der Waals surface area contributed by atoms with E-state index in [1.807, 2.05) is 13.8 Å². The van der Waals surface area contributed by atoms with Crippen molar-refractivity contribution >= 4 is 0 Å². The van der Waals surface area contributed by atoms with Crippen molar-refractivity contribution < 1.29 is 0 Å². The highest BCUT2D eigenvalue weighted by molar-refractivity contribution is 4.78. The molecule has 0 saturated heterocycles. The molecule has 0 aromatic carbocycles. The van der Waals surface area contributed by atoms with Crippen LogP contribution in [0.5, 0.6) is 0 Å². The Labute approximate surface area is 95.4 Å². The van der Waals surface area contributed by atoms with Gasteiger partial charge in [-0.2, -0.15) is 0 Å². The molecule has 0 bridgehead atoms. The zero-order valence-corrected chi connectivity index (χ0v) is 10.9. The standard InChI is InChI=1S/C10H23N3.C2H6/c1-3-13(2)10-6-4-9(5-7-10)8-12-11;1-2/h9-10,12H,3-8,11H2,1-2H3;1-2H3. The topological polar surface area (TPSA) is 41.3 Å². The molecule has 1 rings (SSSR count). The summed E-state index contributed by atoms with van der Waals surface area (Å²) in [5.41, 5.74) is 2.78. The lowest BCUT2D eigenvalue weighted by atomic mass is 9.85. The maximum Gasteiger partial charge on any atom is 0.0126 e. The average molecular weight is 215 g/mol. The summed E-state index contributed by atoms with van der Waals surface area (Å²) in [7, 11) is 2.23. The quantitative estimate of drug-likeness (QED) is 0.556. The Morgan fingerprint density at radius 2 is 1.73 bits per heavy atom. The van der Waals surface area contributed by atoms with E-state index in [2.05, 4.69) is 24.3 Å². The Morgan fingerprint density at radius 3 is 2.13 bits per heavy atom. The minimum atomic E-state index is 0.812. The highest BCUT2D eigenvalue weighted by atomic mass is 15.2. The van der Waals surface area contributed by atoms with E-state index in [1.165, 1.54) is 32.2 Å². The second-order valence-electron chi connectivity index (χ2n) is 4.16. The van der Waals surface area contributed by atoms with Crippen LogP contribution in [-0.4, -0.2) is 31.1 Å². The molecule has 0 aliphatic heterocycles. The highest BCUT2D eigenvalue weighted by Crippen LogP contribution is 2.26. The molecule has 0 amide bonds. The maximum atomic E-state index is 5.32. The van der Waals surface area contributed by atoms with Crippen molar-refractivity contribution in [3.63, 3.8) is 0 Å². The molecule has 0 atom stereocenters. The Kier molecular flexibility index (Phi) is 9.06. The van der Waals surface area contributed by atoms with Crippen molar-refractivity contribution in [2.45, 2.75) is 52.5 Å². The van der Waals surface area contributed by atoms with Crippen molar-refractivity contribution in [1.82, 2.24) is 10.3 Å². The number of nitrogens with zero attached hydrogens (tertiary/aromatic N) is 1. The van der Waals surface area contributed by atoms with Gasteiger partial charge in [0.25, 0.3) is 0 Å². The van der Waals surface area contributed by atoms with Crippen LogP contribution in [0.2, 0.25) is 0 Å². The van der Waals surface area contributed by atoms with Crippen LogP contribution in [-0.2, 0) is 0 Å². The van der Waals surface area contributed by atoms with Crippen LogP contribution in [0.3, 0.4) is 0 Å². The molecular formula is C12H29N3. The molecule has 0 heterocycles. The van der Waals surface area contributed by atoms with Gasteiger partial charge < -0.3 is 4.90 Å². The summed E-state index contributed by atoms with van der Waals surface area (Å²) in [6.07, 6.45) is 5.35. The summed E-state index contributed by atoms with van der Waals surface area (Å²) in [5.74, 6) is 6.13. The van der Waals surface area contributed by atoms with E-state index >= 15 is 0 Å². The molecule has 0 spiro atoms. The van der Waals surface area contributed by atoms with E-state index in [-0.39, 0.29) is 0 Å². The first-order valence-corrected chi connectivity index (χ1v) is 6.41. The van der Waals surface area contributed by atoms with E-state index < -0.39 is 0 Å². The number of rotatable bonds is 4. The third-order valence-corrected chi connectivity index (χ3v) is 3.34. The van der Waals surface area contributed by atoms with Crippen LogP contribution >= 0.6 is 0 Å². The van der Waals surface area contributed by atoms with Gasteiger partial charge in [0.05, 0.1) is 0 Å². The van der Waals surface area contributed by atoms with Crippen LogP contribution in [0.4, 0.5) is 0 Å². The third-order valence-electron chi connectivity index (χ3n) is 3.34. The molecule has 3 nitrogen and oxygen atoms in total. The summed E-state index contributed by atoms with van der Waals surface area (Å²) in [4.78, 5) is 2.46. The molecule has 1 aliphatic rings. The van der Waals surface area contributed by atoms with E-state index in [0.717, 1.165) is 18.5 Å². The Bertz CT molecular complexity index is 131. The Balaban J connectivity index is 0.000000921. The fourth-order valence-corrected chi connectivity index (χ4v) is 2.21. The van der Waals surface area contributed by atoms with Crippen molar-refractivity contribution in [2.24, 2.45) is 11.8 Å². The number of hydrogen-bond donors (Lipinski definition) is 2. The minimum Gasteiger partial charge on any atom is -0.304 e. The van der Waals surface area contributed by atoms with Crippen molar-refractivity contribution in [3.8, 4) is 0 Å². The molecule has 3 heteroatoms. The molecule has 0 aromatic heterocycles. The second kappa shape index (κ2) is 9.13. The molecule has 0 radical (unpaired) electrons. The molecule has 3 N–H and O–H groups in total. The number of nitrogens with two attached hydrogens (primary N) is 1. The van der Waals surface area contributed by atoms with Gasteiger partial charge in [-0.1, -0.05) is 20.8 Å². The molecule has 92 valence electrons. The predicted molar refractivity (Wildman–Crippen MR) is 67.6 cm³/mol. The zero-order chi connectivity index (χ0) is 11.7. The van der Waals surface area contributed by atoms with Gasteiger partial charge in [-0.3, -0.25) is 11.3 Å². The SMILES string of the molecule is CC.CCN(C)C1CCC(CNN)CC1. The monoisotopic (exact) mass is 215 g/mol. The lowest BCUT2D eigenvalue weighted by Gasteiger charge is -2.33. The number of nitrogens with one attached hydrogen (secondary N) is 1. The Morgan fingerprint density at radius 1 is 1.20 bits per heavy atom. The average Bonchev–Trinajstić information content (AvgIpc) is 2.32. The van der Waals surface area contributed by atoms with Gasteiger partial charge >= 0.3 is 0 Å². The van der Waals surface area contributed by atoms with Gasteiger partial charge in [-0.25, -0.2) is 0 Å². The van der Waals surface area contributed by atoms with E-state index in [9.17, 15) is 0 Å². The molecule has 0 unspecified atom stereocenters. The first-order valence-electron chi connectivity index (χ1n) is 6.41. The third kappa shape index (κ3) is 5.50. The molecule has 15 heavy (non-hydrogen) atoms. The zero-order valence-electron chi connectivity index (χ0n) is 10.9. The summed E-state index contributed by atoms with van der Waals surface area (Å²) < 4.78 is 0. The lowest BCUT2D eigenvalue weighted by molar-refractivity contribution is 0.170. The summed E-state index contributed by atoms with van der Waals surface area (Å²) >= 11 is 0. The number of hydrazine groups is 1.